The minimum absolute atomic E-state index is 0.0276. The van der Waals surface area contributed by atoms with Gasteiger partial charge in [-0.05, 0) is 75.9 Å². The van der Waals surface area contributed by atoms with Crippen LogP contribution in [0.3, 0.4) is 0 Å². The Balaban J connectivity index is 1.03. The molecule has 5 rings (SSSR count). The van der Waals surface area contributed by atoms with Crippen LogP contribution < -0.4 is 20.3 Å². The second-order valence-electron chi connectivity index (χ2n) is 10.2. The van der Waals surface area contributed by atoms with Crippen molar-refractivity contribution in [2.24, 2.45) is 0 Å². The summed E-state index contributed by atoms with van der Waals surface area (Å²) in [5.74, 6) is 2.35. The van der Waals surface area contributed by atoms with Gasteiger partial charge in [-0.25, -0.2) is 0 Å². The van der Waals surface area contributed by atoms with Crippen molar-refractivity contribution in [3.05, 3.63) is 48.2 Å². The fraction of sp³-hybridized carbons (Fsp3) is 0.519. The smallest absolute Gasteiger partial charge is 0.227 e. The lowest BCUT2D eigenvalue weighted by atomic mass is 9.88. The summed E-state index contributed by atoms with van der Waals surface area (Å²) in [5, 5.41) is 24.1. The Labute approximate surface area is 227 Å². The summed E-state index contributed by atoms with van der Waals surface area (Å²) in [6.07, 6.45) is 5.40. The van der Waals surface area contributed by atoms with Gasteiger partial charge in [0, 0.05) is 38.3 Å². The van der Waals surface area contributed by atoms with Crippen LogP contribution in [0.5, 0.6) is 5.75 Å². The Morgan fingerprint density at radius 1 is 1.05 bits per heavy atom. The molecule has 0 bridgehead atoms. The summed E-state index contributed by atoms with van der Waals surface area (Å²) >= 11 is 1.37. The van der Waals surface area contributed by atoms with Gasteiger partial charge in [0.25, 0.3) is 0 Å². The van der Waals surface area contributed by atoms with Crippen molar-refractivity contribution in [3.63, 3.8) is 0 Å². The number of nitrogens with zero attached hydrogens (tertiary/aromatic N) is 6. The van der Waals surface area contributed by atoms with Crippen molar-refractivity contribution >= 4 is 33.3 Å². The van der Waals surface area contributed by atoms with Crippen molar-refractivity contribution in [1.29, 1.82) is 0 Å². The van der Waals surface area contributed by atoms with E-state index in [2.05, 4.69) is 72.9 Å². The van der Waals surface area contributed by atoms with Gasteiger partial charge in [0.1, 0.15) is 5.75 Å². The zero-order chi connectivity index (χ0) is 26.3. The molecule has 202 valence electrons. The highest BCUT2D eigenvalue weighted by Gasteiger charge is 2.25. The van der Waals surface area contributed by atoms with Gasteiger partial charge >= 0.3 is 0 Å². The van der Waals surface area contributed by atoms with Gasteiger partial charge < -0.3 is 25.2 Å². The third-order valence-corrected chi connectivity index (χ3v) is 7.80. The first kappa shape index (κ1) is 26.3. The highest BCUT2D eigenvalue weighted by atomic mass is 32.1. The first-order valence-electron chi connectivity index (χ1n) is 13.4. The maximum Gasteiger partial charge on any atom is 0.227 e. The summed E-state index contributed by atoms with van der Waals surface area (Å²) in [6, 6.07) is 12.5. The molecule has 3 aromatic rings. The number of likely N-dealkylation sites (tertiary alicyclic amines) is 1. The maximum absolute atomic E-state index is 12.6. The number of hydrogen-bond acceptors (Lipinski definition) is 10. The number of piperidine rings is 1. The molecular formula is C27H36N8O2S. The van der Waals surface area contributed by atoms with Crippen molar-refractivity contribution in [2.45, 2.75) is 57.6 Å². The molecule has 38 heavy (non-hydrogen) atoms. The molecule has 0 saturated carbocycles. The van der Waals surface area contributed by atoms with E-state index in [4.69, 9.17) is 4.74 Å². The number of rotatable bonds is 10. The molecule has 2 saturated heterocycles. The van der Waals surface area contributed by atoms with Crippen LogP contribution >= 0.6 is 11.3 Å². The molecule has 0 unspecified atom stereocenters. The highest BCUT2D eigenvalue weighted by molar-refractivity contribution is 7.19. The maximum atomic E-state index is 12.6. The van der Waals surface area contributed by atoms with Crippen molar-refractivity contribution in [1.82, 2.24) is 25.3 Å². The van der Waals surface area contributed by atoms with Crippen molar-refractivity contribution in [3.8, 4) is 5.75 Å². The Morgan fingerprint density at radius 3 is 2.66 bits per heavy atom. The third kappa shape index (κ3) is 6.96. The minimum Gasteiger partial charge on any atom is -0.491 e. The average molecular weight is 537 g/mol. The number of anilines is 3. The molecule has 2 aliphatic heterocycles. The largest absolute Gasteiger partial charge is 0.491 e. The first-order chi connectivity index (χ1) is 18.5. The van der Waals surface area contributed by atoms with Crippen LogP contribution in [0.15, 0.2) is 42.6 Å². The van der Waals surface area contributed by atoms with Crippen LogP contribution in [0.1, 0.15) is 51.0 Å². The molecule has 11 heteroatoms. The molecule has 1 aromatic carbocycles. The predicted molar refractivity (Wildman–Crippen MR) is 150 cm³/mol. The standard InChI is InChI=1S/C27H36N8O2S/c1-19(2)37-23-7-4-3-6-22(23)20-9-14-34(15-10-20)16-12-25(36)30-27-33-32-26(38-27)29-21-11-17-35(18-21)24-8-5-13-28-31-24/h3-8,13,19-21H,9-12,14-18H2,1-2H3,(H,29,32)(H,30,33,36)/t21-/m1/s1. The molecule has 2 N–H and O–H groups in total. The number of nitrogens with one attached hydrogen (secondary N) is 2. The summed E-state index contributed by atoms with van der Waals surface area (Å²) in [4.78, 5) is 17.2. The fourth-order valence-corrected chi connectivity index (χ4v) is 5.88. The molecule has 4 heterocycles. The van der Waals surface area contributed by atoms with E-state index in [1.54, 1.807) is 6.20 Å². The molecule has 1 amide bonds. The summed E-state index contributed by atoms with van der Waals surface area (Å²) < 4.78 is 6.03. The van der Waals surface area contributed by atoms with E-state index in [1.165, 1.54) is 16.9 Å². The van der Waals surface area contributed by atoms with E-state index in [0.29, 0.717) is 17.5 Å². The Kier molecular flexibility index (Phi) is 8.65. The quantitative estimate of drug-likeness (QED) is 0.397. The monoisotopic (exact) mass is 536 g/mol. The van der Waals surface area contributed by atoms with Crippen LogP contribution in [-0.4, -0.2) is 76.1 Å². The van der Waals surface area contributed by atoms with Gasteiger partial charge in [0.15, 0.2) is 5.82 Å². The fourth-order valence-electron chi connectivity index (χ4n) is 5.14. The van der Waals surface area contributed by atoms with E-state index in [9.17, 15) is 4.79 Å². The molecule has 2 aliphatic rings. The van der Waals surface area contributed by atoms with Crippen LogP contribution in [-0.2, 0) is 4.79 Å². The van der Waals surface area contributed by atoms with Gasteiger partial charge in [0.2, 0.25) is 16.2 Å². The zero-order valence-electron chi connectivity index (χ0n) is 22.0. The molecule has 1 atom stereocenters. The first-order valence-corrected chi connectivity index (χ1v) is 14.3. The number of ether oxygens (including phenoxy) is 1. The Bertz CT molecular complexity index is 1180. The second kappa shape index (κ2) is 12.5. The molecule has 0 radical (unpaired) electrons. The summed E-state index contributed by atoms with van der Waals surface area (Å²) in [5.41, 5.74) is 1.30. The number of hydrogen-bond donors (Lipinski definition) is 2. The Morgan fingerprint density at radius 2 is 1.87 bits per heavy atom. The molecular weight excluding hydrogens is 500 g/mol. The van der Waals surface area contributed by atoms with Gasteiger partial charge in [-0.2, -0.15) is 5.10 Å². The zero-order valence-corrected chi connectivity index (χ0v) is 22.9. The highest BCUT2D eigenvalue weighted by Crippen LogP contribution is 2.34. The molecule has 2 aromatic heterocycles. The van der Waals surface area contributed by atoms with E-state index in [1.807, 2.05) is 18.2 Å². The number of para-hydroxylation sites is 1. The SMILES string of the molecule is CC(C)Oc1ccccc1C1CCN(CCC(=O)Nc2nnc(N[C@@H]3CCN(c4cccnn4)C3)s2)CC1. The van der Waals surface area contributed by atoms with Crippen LogP contribution in [0, 0.1) is 0 Å². The van der Waals surface area contributed by atoms with Gasteiger partial charge in [0.05, 0.1) is 6.10 Å². The van der Waals surface area contributed by atoms with Crippen LogP contribution in [0.4, 0.5) is 16.1 Å². The third-order valence-electron chi connectivity index (χ3n) is 7.03. The lowest BCUT2D eigenvalue weighted by Crippen LogP contribution is -2.35. The normalized spacial score (nSPS) is 18.6. The number of benzene rings is 1. The van der Waals surface area contributed by atoms with Crippen LogP contribution in [0.2, 0.25) is 0 Å². The van der Waals surface area contributed by atoms with Gasteiger partial charge in [-0.1, -0.05) is 29.5 Å². The lowest BCUT2D eigenvalue weighted by molar-refractivity contribution is -0.116. The number of carbonyl (C=O) groups is 1. The number of aromatic nitrogens is 4. The molecule has 0 spiro atoms. The summed E-state index contributed by atoms with van der Waals surface area (Å²) in [7, 11) is 0. The number of carbonyl (C=O) groups excluding carboxylic acids is 1. The molecule has 2 fully saturated rings. The van der Waals surface area contributed by atoms with Gasteiger partial charge in [-0.3, -0.25) is 4.79 Å². The molecule has 0 aliphatic carbocycles. The average Bonchev–Trinajstić information content (AvgIpc) is 3.58. The van der Waals surface area contributed by atoms with E-state index in [0.717, 1.165) is 68.7 Å². The van der Waals surface area contributed by atoms with E-state index < -0.39 is 0 Å². The van der Waals surface area contributed by atoms with E-state index in [-0.39, 0.29) is 18.1 Å². The lowest BCUT2D eigenvalue weighted by Gasteiger charge is -2.32. The van der Waals surface area contributed by atoms with Crippen molar-refractivity contribution < 1.29 is 9.53 Å². The Hall–Kier alpha value is -3.31. The van der Waals surface area contributed by atoms with Crippen molar-refractivity contribution in [2.75, 3.05) is 48.3 Å². The number of amides is 1. The summed E-state index contributed by atoms with van der Waals surface area (Å²) in [6.45, 7) is 8.57. The van der Waals surface area contributed by atoms with Gasteiger partial charge in [-0.15, -0.1) is 15.3 Å². The minimum atomic E-state index is -0.0276. The van der Waals surface area contributed by atoms with E-state index >= 15 is 0 Å². The topological polar surface area (TPSA) is 108 Å². The molecule has 10 nitrogen and oxygen atoms in total. The predicted octanol–water partition coefficient (Wildman–Crippen LogP) is 4.01. The second-order valence-corrected chi connectivity index (χ2v) is 11.2. The van der Waals surface area contributed by atoms with Crippen LogP contribution in [0.25, 0.3) is 0 Å².